The molecule has 0 bridgehead atoms. The molecule has 0 radical (unpaired) electrons. The molecule has 1 saturated carbocycles. The molecule has 20 heavy (non-hydrogen) atoms. The van der Waals surface area contributed by atoms with Gasteiger partial charge in [0.05, 0.1) is 6.61 Å². The molecule has 1 aliphatic heterocycles. The summed E-state index contributed by atoms with van der Waals surface area (Å²) in [6.07, 6.45) is 4.24. The SMILES string of the molecule is O=C(NCC1COC2(CCCC2)O1)c1cccc(Br)c1. The van der Waals surface area contributed by atoms with E-state index in [0.717, 1.165) is 30.2 Å². The van der Waals surface area contributed by atoms with Crippen molar-refractivity contribution in [2.24, 2.45) is 0 Å². The van der Waals surface area contributed by atoms with Gasteiger partial charge in [0.25, 0.3) is 5.91 Å². The molecule has 5 heteroatoms. The first kappa shape index (κ1) is 14.0. The number of hydrogen-bond donors (Lipinski definition) is 1. The van der Waals surface area contributed by atoms with Crippen LogP contribution >= 0.6 is 15.9 Å². The lowest BCUT2D eigenvalue weighted by molar-refractivity contribution is -0.161. The molecule has 1 saturated heterocycles. The fraction of sp³-hybridized carbons (Fsp3) is 0.533. The van der Waals surface area contributed by atoms with Gasteiger partial charge in [0, 0.05) is 29.4 Å². The molecular weight excluding hydrogens is 322 g/mol. The summed E-state index contributed by atoms with van der Waals surface area (Å²) in [5.41, 5.74) is 0.647. The Hall–Kier alpha value is -0.910. The Kier molecular flexibility index (Phi) is 4.10. The van der Waals surface area contributed by atoms with Gasteiger partial charge < -0.3 is 14.8 Å². The predicted octanol–water partition coefficient (Wildman–Crippen LogP) is 2.86. The van der Waals surface area contributed by atoms with Crippen molar-refractivity contribution in [1.82, 2.24) is 5.32 Å². The fourth-order valence-electron chi connectivity index (χ4n) is 2.83. The van der Waals surface area contributed by atoms with Gasteiger partial charge >= 0.3 is 0 Å². The van der Waals surface area contributed by atoms with Gasteiger partial charge in [-0.25, -0.2) is 0 Å². The monoisotopic (exact) mass is 339 g/mol. The van der Waals surface area contributed by atoms with Crippen LogP contribution in [0.3, 0.4) is 0 Å². The number of hydrogen-bond acceptors (Lipinski definition) is 3. The van der Waals surface area contributed by atoms with E-state index in [1.165, 1.54) is 0 Å². The summed E-state index contributed by atoms with van der Waals surface area (Å²) in [6, 6.07) is 7.35. The van der Waals surface area contributed by atoms with Crippen LogP contribution in [0.4, 0.5) is 0 Å². The quantitative estimate of drug-likeness (QED) is 0.921. The lowest BCUT2D eigenvalue weighted by Gasteiger charge is -2.21. The first-order chi connectivity index (χ1) is 9.67. The van der Waals surface area contributed by atoms with Crippen LogP contribution < -0.4 is 5.32 Å². The van der Waals surface area contributed by atoms with Crippen LogP contribution in [0, 0.1) is 0 Å². The molecule has 1 heterocycles. The molecule has 1 atom stereocenters. The van der Waals surface area contributed by atoms with Gasteiger partial charge in [0.1, 0.15) is 6.10 Å². The summed E-state index contributed by atoms with van der Waals surface area (Å²) in [6.45, 7) is 1.06. The van der Waals surface area contributed by atoms with Crippen molar-refractivity contribution in [3.05, 3.63) is 34.3 Å². The van der Waals surface area contributed by atoms with Crippen LogP contribution in [-0.4, -0.2) is 30.9 Å². The molecule has 1 N–H and O–H groups in total. The van der Waals surface area contributed by atoms with Crippen LogP contribution in [0.5, 0.6) is 0 Å². The zero-order chi connectivity index (χ0) is 14.0. The number of amides is 1. The molecule has 1 amide bonds. The van der Waals surface area contributed by atoms with Crippen LogP contribution in [-0.2, 0) is 9.47 Å². The van der Waals surface area contributed by atoms with Crippen molar-refractivity contribution in [1.29, 1.82) is 0 Å². The molecule has 1 aliphatic carbocycles. The second kappa shape index (κ2) is 5.84. The van der Waals surface area contributed by atoms with E-state index in [1.807, 2.05) is 12.1 Å². The zero-order valence-corrected chi connectivity index (χ0v) is 12.8. The minimum Gasteiger partial charge on any atom is -0.349 e. The van der Waals surface area contributed by atoms with E-state index in [0.29, 0.717) is 18.7 Å². The van der Waals surface area contributed by atoms with Crippen LogP contribution in [0.2, 0.25) is 0 Å². The highest BCUT2D eigenvalue weighted by Gasteiger charge is 2.43. The molecular formula is C15H18BrNO3. The molecule has 4 nitrogen and oxygen atoms in total. The van der Waals surface area contributed by atoms with E-state index in [2.05, 4.69) is 21.2 Å². The van der Waals surface area contributed by atoms with Gasteiger partial charge in [-0.05, 0) is 31.0 Å². The number of ether oxygens (including phenoxy) is 2. The van der Waals surface area contributed by atoms with Gasteiger partial charge in [-0.2, -0.15) is 0 Å². The van der Waals surface area contributed by atoms with Crippen molar-refractivity contribution < 1.29 is 14.3 Å². The molecule has 1 aromatic carbocycles. The van der Waals surface area contributed by atoms with Crippen LogP contribution in [0.1, 0.15) is 36.0 Å². The number of halogens is 1. The molecule has 0 aromatic heterocycles. The highest BCUT2D eigenvalue weighted by atomic mass is 79.9. The molecule has 3 rings (SSSR count). The van der Waals surface area contributed by atoms with Gasteiger partial charge in [-0.15, -0.1) is 0 Å². The molecule has 2 aliphatic rings. The molecule has 108 valence electrons. The largest absolute Gasteiger partial charge is 0.349 e. The normalized spacial score (nSPS) is 24.1. The summed E-state index contributed by atoms with van der Waals surface area (Å²) in [5, 5.41) is 2.91. The Balaban J connectivity index is 1.51. The van der Waals surface area contributed by atoms with E-state index < -0.39 is 0 Å². The third-order valence-corrected chi connectivity index (χ3v) is 4.35. The topological polar surface area (TPSA) is 47.6 Å². The average molecular weight is 340 g/mol. The Morgan fingerprint density at radius 1 is 1.40 bits per heavy atom. The standard InChI is InChI=1S/C15H18BrNO3/c16-12-5-3-4-11(8-12)14(18)17-9-13-10-19-15(20-13)6-1-2-7-15/h3-5,8,13H,1-2,6-7,9-10H2,(H,17,18). The van der Waals surface area contributed by atoms with Crippen molar-refractivity contribution in [2.45, 2.75) is 37.6 Å². The lowest BCUT2D eigenvalue weighted by atomic mass is 10.2. The number of nitrogens with one attached hydrogen (secondary N) is 1. The Morgan fingerprint density at radius 3 is 2.95 bits per heavy atom. The second-order valence-electron chi connectivity index (χ2n) is 5.39. The van der Waals surface area contributed by atoms with Crippen molar-refractivity contribution in [2.75, 3.05) is 13.2 Å². The van der Waals surface area contributed by atoms with Gasteiger partial charge in [-0.1, -0.05) is 22.0 Å². The summed E-state index contributed by atoms with van der Waals surface area (Å²) < 4.78 is 12.7. The predicted molar refractivity (Wildman–Crippen MR) is 78.5 cm³/mol. The van der Waals surface area contributed by atoms with E-state index in [4.69, 9.17) is 9.47 Å². The third kappa shape index (κ3) is 3.05. The summed E-state index contributed by atoms with van der Waals surface area (Å²) in [5.74, 6) is -0.437. The lowest BCUT2D eigenvalue weighted by Crippen LogP contribution is -2.35. The minimum absolute atomic E-state index is 0.0378. The van der Waals surface area contributed by atoms with E-state index in [1.54, 1.807) is 12.1 Å². The maximum Gasteiger partial charge on any atom is 0.251 e. The van der Waals surface area contributed by atoms with Crippen molar-refractivity contribution in [3.8, 4) is 0 Å². The first-order valence-corrected chi connectivity index (χ1v) is 7.82. The molecule has 1 aromatic rings. The third-order valence-electron chi connectivity index (χ3n) is 3.86. The maximum atomic E-state index is 12.0. The molecule has 1 spiro atoms. The molecule has 1 unspecified atom stereocenters. The number of carbonyl (C=O) groups is 1. The van der Waals surface area contributed by atoms with Gasteiger partial charge in [-0.3, -0.25) is 4.79 Å². The highest BCUT2D eigenvalue weighted by Crippen LogP contribution is 2.38. The summed E-state index contributed by atoms with van der Waals surface area (Å²) >= 11 is 3.36. The summed E-state index contributed by atoms with van der Waals surface area (Å²) in [4.78, 5) is 12.0. The smallest absolute Gasteiger partial charge is 0.251 e. The van der Waals surface area contributed by atoms with Gasteiger partial charge in [0.2, 0.25) is 0 Å². The Morgan fingerprint density at radius 2 is 2.20 bits per heavy atom. The van der Waals surface area contributed by atoms with Gasteiger partial charge in [0.15, 0.2) is 5.79 Å². The van der Waals surface area contributed by atoms with Crippen LogP contribution in [0.15, 0.2) is 28.7 Å². The average Bonchev–Trinajstić information content (AvgIpc) is 3.07. The molecule has 2 fully saturated rings. The number of benzene rings is 1. The maximum absolute atomic E-state index is 12.0. The number of rotatable bonds is 3. The first-order valence-electron chi connectivity index (χ1n) is 7.02. The van der Waals surface area contributed by atoms with E-state index in [-0.39, 0.29) is 17.8 Å². The summed E-state index contributed by atoms with van der Waals surface area (Å²) in [7, 11) is 0. The van der Waals surface area contributed by atoms with Crippen LogP contribution in [0.25, 0.3) is 0 Å². The minimum atomic E-state index is -0.356. The van der Waals surface area contributed by atoms with E-state index >= 15 is 0 Å². The highest BCUT2D eigenvalue weighted by molar-refractivity contribution is 9.10. The number of carbonyl (C=O) groups excluding carboxylic acids is 1. The van der Waals surface area contributed by atoms with E-state index in [9.17, 15) is 4.79 Å². The Labute approximate surface area is 127 Å². The second-order valence-corrected chi connectivity index (χ2v) is 6.30. The Bertz CT molecular complexity index is 500. The van der Waals surface area contributed by atoms with Crippen molar-refractivity contribution in [3.63, 3.8) is 0 Å². The van der Waals surface area contributed by atoms with Crippen molar-refractivity contribution >= 4 is 21.8 Å². The fourth-order valence-corrected chi connectivity index (χ4v) is 3.23. The zero-order valence-electron chi connectivity index (χ0n) is 11.2.